The summed E-state index contributed by atoms with van der Waals surface area (Å²) < 4.78 is 2.18. The third kappa shape index (κ3) is 3.80. The quantitative estimate of drug-likeness (QED) is 0.741. The van der Waals surface area contributed by atoms with Crippen molar-refractivity contribution in [2.75, 3.05) is 0 Å². The molecule has 0 radical (unpaired) electrons. The highest BCUT2D eigenvalue weighted by Crippen LogP contribution is 2.25. The third-order valence-corrected chi connectivity index (χ3v) is 2.63. The predicted molar refractivity (Wildman–Crippen MR) is 65.3 cm³/mol. The molecule has 3 heteroatoms. The molecule has 0 aliphatic heterocycles. The van der Waals surface area contributed by atoms with Gasteiger partial charge in [-0.3, -0.25) is 0 Å². The Kier molecular flexibility index (Phi) is 4.27. The SMILES string of the molecule is CCCn1ccnc1CC(C)(C)CC(C)=O. The first-order valence-corrected chi connectivity index (χ1v) is 5.94. The molecule has 0 N–H and O–H groups in total. The van der Waals surface area contributed by atoms with E-state index in [9.17, 15) is 4.79 Å². The average molecular weight is 222 g/mol. The number of aromatic nitrogens is 2. The second-order valence-corrected chi connectivity index (χ2v) is 5.26. The van der Waals surface area contributed by atoms with Gasteiger partial charge in [0.2, 0.25) is 0 Å². The molecule has 16 heavy (non-hydrogen) atoms. The van der Waals surface area contributed by atoms with E-state index in [4.69, 9.17) is 0 Å². The van der Waals surface area contributed by atoms with E-state index in [2.05, 4.69) is 30.3 Å². The first-order valence-electron chi connectivity index (χ1n) is 5.94. The molecule has 1 aromatic rings. The van der Waals surface area contributed by atoms with Gasteiger partial charge in [-0.05, 0) is 18.8 Å². The number of nitrogens with zero attached hydrogens (tertiary/aromatic N) is 2. The second kappa shape index (κ2) is 5.28. The van der Waals surface area contributed by atoms with E-state index in [-0.39, 0.29) is 11.2 Å². The Hall–Kier alpha value is -1.12. The zero-order valence-corrected chi connectivity index (χ0v) is 10.8. The van der Waals surface area contributed by atoms with Gasteiger partial charge in [0.1, 0.15) is 11.6 Å². The van der Waals surface area contributed by atoms with Crippen molar-refractivity contribution in [3.63, 3.8) is 0 Å². The van der Waals surface area contributed by atoms with Gasteiger partial charge in [-0.25, -0.2) is 4.98 Å². The Morgan fingerprint density at radius 3 is 2.75 bits per heavy atom. The number of hydrogen-bond donors (Lipinski definition) is 0. The molecule has 0 aliphatic rings. The molecule has 0 saturated heterocycles. The molecule has 1 heterocycles. The van der Waals surface area contributed by atoms with Gasteiger partial charge in [0, 0.05) is 31.8 Å². The number of imidazole rings is 1. The van der Waals surface area contributed by atoms with Crippen molar-refractivity contribution in [1.82, 2.24) is 9.55 Å². The van der Waals surface area contributed by atoms with Gasteiger partial charge in [0.25, 0.3) is 0 Å². The summed E-state index contributed by atoms with van der Waals surface area (Å²) in [5.41, 5.74) is 0.00266. The minimum absolute atomic E-state index is 0.00266. The molecule has 0 atom stereocenters. The molecule has 0 amide bonds. The molecule has 0 unspecified atom stereocenters. The summed E-state index contributed by atoms with van der Waals surface area (Å²) in [5, 5.41) is 0. The molecular formula is C13H22N2O. The Labute approximate surface area is 97.9 Å². The van der Waals surface area contributed by atoms with Crippen molar-refractivity contribution < 1.29 is 4.79 Å². The standard InChI is InChI=1S/C13H22N2O/c1-5-7-15-8-6-14-12(15)10-13(3,4)9-11(2)16/h6,8H,5,7,9-10H2,1-4H3. The normalized spacial score (nSPS) is 11.8. The van der Waals surface area contributed by atoms with Crippen LogP contribution in [0.15, 0.2) is 12.4 Å². The third-order valence-electron chi connectivity index (χ3n) is 2.63. The number of Topliss-reactive ketones (excluding diaryl/α,β-unsaturated/α-hetero) is 1. The van der Waals surface area contributed by atoms with Crippen LogP contribution in [0.4, 0.5) is 0 Å². The number of ketones is 1. The largest absolute Gasteiger partial charge is 0.335 e. The van der Waals surface area contributed by atoms with Crippen LogP contribution in [0, 0.1) is 5.41 Å². The highest BCUT2D eigenvalue weighted by Gasteiger charge is 2.22. The number of rotatable bonds is 6. The molecule has 90 valence electrons. The number of hydrogen-bond acceptors (Lipinski definition) is 2. The number of carbonyl (C=O) groups excluding carboxylic acids is 1. The van der Waals surface area contributed by atoms with Crippen LogP contribution >= 0.6 is 0 Å². The minimum Gasteiger partial charge on any atom is -0.335 e. The van der Waals surface area contributed by atoms with Crippen molar-refractivity contribution in [3.8, 4) is 0 Å². The molecule has 0 spiro atoms. The summed E-state index contributed by atoms with van der Waals surface area (Å²) in [4.78, 5) is 15.6. The fraction of sp³-hybridized carbons (Fsp3) is 0.692. The lowest BCUT2D eigenvalue weighted by molar-refractivity contribution is -0.118. The molecule has 0 fully saturated rings. The summed E-state index contributed by atoms with van der Waals surface area (Å²) in [6.07, 6.45) is 6.44. The molecule has 3 nitrogen and oxygen atoms in total. The van der Waals surface area contributed by atoms with Crippen LogP contribution in [0.1, 0.15) is 46.4 Å². The molecular weight excluding hydrogens is 200 g/mol. The fourth-order valence-corrected chi connectivity index (χ4v) is 2.12. The summed E-state index contributed by atoms with van der Waals surface area (Å²) in [7, 11) is 0. The van der Waals surface area contributed by atoms with Crippen LogP contribution in [0.25, 0.3) is 0 Å². The van der Waals surface area contributed by atoms with Crippen molar-refractivity contribution in [2.45, 2.75) is 53.5 Å². The Balaban J connectivity index is 2.71. The highest BCUT2D eigenvalue weighted by atomic mass is 16.1. The van der Waals surface area contributed by atoms with Crippen LogP contribution in [-0.4, -0.2) is 15.3 Å². The van der Waals surface area contributed by atoms with E-state index >= 15 is 0 Å². The van der Waals surface area contributed by atoms with E-state index in [1.807, 2.05) is 12.4 Å². The van der Waals surface area contributed by atoms with Crippen LogP contribution < -0.4 is 0 Å². The molecule has 1 rings (SSSR count). The minimum atomic E-state index is 0.00266. The van der Waals surface area contributed by atoms with Gasteiger partial charge in [0.15, 0.2) is 0 Å². The van der Waals surface area contributed by atoms with Crippen molar-refractivity contribution in [1.29, 1.82) is 0 Å². The van der Waals surface area contributed by atoms with E-state index < -0.39 is 0 Å². The number of aryl methyl sites for hydroxylation is 1. The molecule has 1 aromatic heterocycles. The maximum atomic E-state index is 11.2. The summed E-state index contributed by atoms with van der Waals surface area (Å²) in [6.45, 7) is 9.06. The van der Waals surface area contributed by atoms with E-state index in [0.717, 1.165) is 25.2 Å². The zero-order valence-electron chi connectivity index (χ0n) is 10.8. The Morgan fingerprint density at radius 1 is 1.50 bits per heavy atom. The lowest BCUT2D eigenvalue weighted by atomic mass is 9.84. The van der Waals surface area contributed by atoms with E-state index in [1.54, 1.807) is 6.92 Å². The summed E-state index contributed by atoms with van der Waals surface area (Å²) >= 11 is 0. The van der Waals surface area contributed by atoms with Gasteiger partial charge < -0.3 is 9.36 Å². The van der Waals surface area contributed by atoms with Gasteiger partial charge in [0.05, 0.1) is 0 Å². The first kappa shape index (κ1) is 12.9. The van der Waals surface area contributed by atoms with Crippen LogP contribution in [0.2, 0.25) is 0 Å². The van der Waals surface area contributed by atoms with Crippen LogP contribution in [-0.2, 0) is 17.8 Å². The van der Waals surface area contributed by atoms with Crippen molar-refractivity contribution in [2.24, 2.45) is 5.41 Å². The van der Waals surface area contributed by atoms with Crippen LogP contribution in [0.5, 0.6) is 0 Å². The topological polar surface area (TPSA) is 34.9 Å². The van der Waals surface area contributed by atoms with Crippen molar-refractivity contribution in [3.05, 3.63) is 18.2 Å². The fourth-order valence-electron chi connectivity index (χ4n) is 2.12. The van der Waals surface area contributed by atoms with E-state index in [0.29, 0.717) is 6.42 Å². The second-order valence-electron chi connectivity index (χ2n) is 5.26. The average Bonchev–Trinajstić information content (AvgIpc) is 2.50. The summed E-state index contributed by atoms with van der Waals surface area (Å²) in [6, 6.07) is 0. The van der Waals surface area contributed by atoms with Gasteiger partial charge in [-0.2, -0.15) is 0 Å². The van der Waals surface area contributed by atoms with Gasteiger partial charge in [-0.15, -0.1) is 0 Å². The lowest BCUT2D eigenvalue weighted by Crippen LogP contribution is -2.21. The summed E-state index contributed by atoms with van der Waals surface area (Å²) in [5.74, 6) is 1.34. The van der Waals surface area contributed by atoms with Gasteiger partial charge in [-0.1, -0.05) is 20.8 Å². The highest BCUT2D eigenvalue weighted by molar-refractivity contribution is 5.76. The maximum Gasteiger partial charge on any atom is 0.130 e. The van der Waals surface area contributed by atoms with Gasteiger partial charge >= 0.3 is 0 Å². The Morgan fingerprint density at radius 2 is 2.19 bits per heavy atom. The zero-order chi connectivity index (χ0) is 12.2. The maximum absolute atomic E-state index is 11.2. The van der Waals surface area contributed by atoms with Crippen molar-refractivity contribution >= 4 is 5.78 Å². The smallest absolute Gasteiger partial charge is 0.130 e. The molecule has 0 saturated carbocycles. The van der Waals surface area contributed by atoms with E-state index in [1.165, 1.54) is 0 Å². The Bertz CT molecular complexity index is 353. The predicted octanol–water partition coefficient (Wildman–Crippen LogP) is 2.84. The molecule has 0 aromatic carbocycles. The monoisotopic (exact) mass is 222 g/mol. The van der Waals surface area contributed by atoms with Crippen LogP contribution in [0.3, 0.4) is 0 Å². The molecule has 0 bridgehead atoms. The molecule has 0 aliphatic carbocycles. The first-order chi connectivity index (χ1) is 7.44. The number of carbonyl (C=O) groups is 1. The lowest BCUT2D eigenvalue weighted by Gasteiger charge is -2.23.